The summed E-state index contributed by atoms with van der Waals surface area (Å²) in [5.41, 5.74) is 0. The molecule has 2 nitrogen and oxygen atoms in total. The Balaban J connectivity index is 0.000000111. The van der Waals surface area contributed by atoms with E-state index in [1.54, 1.807) is 0 Å². The number of Topliss-reactive ketones (excluding diaryl/α,β-unsaturated/α-hetero) is 1. The molecular weight excluding hydrogens is 248 g/mol. The van der Waals surface area contributed by atoms with Crippen LogP contribution in [0.15, 0.2) is 12.2 Å². The van der Waals surface area contributed by atoms with E-state index in [2.05, 4.69) is 12.2 Å². The summed E-state index contributed by atoms with van der Waals surface area (Å²) in [5.74, 6) is 0.464. The summed E-state index contributed by atoms with van der Waals surface area (Å²) >= 11 is 0. The molecule has 2 heteroatoms. The summed E-state index contributed by atoms with van der Waals surface area (Å²) in [6, 6.07) is 0. The van der Waals surface area contributed by atoms with Crippen LogP contribution in [0.3, 0.4) is 0 Å². The van der Waals surface area contributed by atoms with Crippen LogP contribution in [0.25, 0.3) is 0 Å². The lowest BCUT2D eigenvalue weighted by Gasteiger charge is -2.05. The Kier molecular flexibility index (Phi) is 7.35. The molecule has 0 aromatic heterocycles. The van der Waals surface area contributed by atoms with E-state index in [1.165, 1.54) is 57.8 Å². The molecule has 3 aliphatic carbocycles. The minimum atomic E-state index is 0.464. The second-order valence-corrected chi connectivity index (χ2v) is 6.35. The van der Waals surface area contributed by atoms with Gasteiger partial charge in [0, 0.05) is 12.8 Å². The fourth-order valence-electron chi connectivity index (χ4n) is 3.08. The first-order chi connectivity index (χ1) is 9.86. The molecule has 0 spiro atoms. The monoisotopic (exact) mass is 278 g/mol. The first kappa shape index (κ1) is 15.8. The summed E-state index contributed by atoms with van der Waals surface area (Å²) in [5, 5.41) is 0. The molecule has 0 radical (unpaired) electrons. The Morgan fingerprint density at radius 3 is 1.60 bits per heavy atom. The lowest BCUT2D eigenvalue weighted by atomic mass is 10.00. The predicted octanol–water partition coefficient (Wildman–Crippen LogP) is 4.96. The van der Waals surface area contributed by atoms with Gasteiger partial charge < -0.3 is 4.74 Å². The van der Waals surface area contributed by atoms with Crippen molar-refractivity contribution in [1.82, 2.24) is 0 Å². The van der Waals surface area contributed by atoms with Crippen LogP contribution >= 0.6 is 0 Å². The molecule has 2 saturated carbocycles. The van der Waals surface area contributed by atoms with Crippen LogP contribution in [0.1, 0.15) is 83.5 Å². The molecule has 4 aliphatic rings. The SMILES string of the molecule is C1=CCCCC1.C1CCC2OC2C1.O=C1CCCCC1. The molecular formula is C18H30O2. The van der Waals surface area contributed by atoms with E-state index in [-0.39, 0.29) is 0 Å². The average Bonchev–Trinajstić information content (AvgIpc) is 3.31. The Bertz CT molecular complexity index is 283. The Labute approximate surface area is 124 Å². The maximum Gasteiger partial charge on any atom is 0.132 e. The largest absolute Gasteiger partial charge is 0.370 e. The second-order valence-electron chi connectivity index (χ2n) is 6.35. The van der Waals surface area contributed by atoms with Gasteiger partial charge in [0.15, 0.2) is 0 Å². The van der Waals surface area contributed by atoms with Gasteiger partial charge in [-0.1, -0.05) is 31.4 Å². The fraction of sp³-hybridized carbons (Fsp3) is 0.833. The van der Waals surface area contributed by atoms with Crippen molar-refractivity contribution in [3.8, 4) is 0 Å². The van der Waals surface area contributed by atoms with Crippen molar-refractivity contribution in [3.05, 3.63) is 12.2 Å². The van der Waals surface area contributed by atoms with Crippen molar-refractivity contribution < 1.29 is 9.53 Å². The first-order valence-corrected chi connectivity index (χ1v) is 8.68. The van der Waals surface area contributed by atoms with E-state index in [0.29, 0.717) is 18.0 Å². The van der Waals surface area contributed by atoms with E-state index in [1.807, 2.05) is 0 Å². The van der Waals surface area contributed by atoms with Gasteiger partial charge in [0.1, 0.15) is 5.78 Å². The minimum absolute atomic E-state index is 0.464. The number of carbonyl (C=O) groups is 1. The first-order valence-electron chi connectivity index (χ1n) is 8.68. The Morgan fingerprint density at radius 1 is 0.750 bits per heavy atom. The van der Waals surface area contributed by atoms with Gasteiger partial charge in [-0.2, -0.15) is 0 Å². The van der Waals surface area contributed by atoms with Gasteiger partial charge in [0.2, 0.25) is 0 Å². The summed E-state index contributed by atoms with van der Waals surface area (Å²) in [6.07, 6.45) is 22.1. The van der Waals surface area contributed by atoms with E-state index in [0.717, 1.165) is 25.7 Å². The molecule has 1 saturated heterocycles. The van der Waals surface area contributed by atoms with E-state index in [4.69, 9.17) is 4.74 Å². The molecule has 2 unspecified atom stereocenters. The molecule has 1 aliphatic heterocycles. The molecule has 4 rings (SSSR count). The molecule has 0 amide bonds. The van der Waals surface area contributed by atoms with Crippen molar-refractivity contribution >= 4 is 5.78 Å². The topological polar surface area (TPSA) is 29.6 Å². The van der Waals surface area contributed by atoms with E-state index in [9.17, 15) is 4.79 Å². The van der Waals surface area contributed by atoms with Crippen LogP contribution < -0.4 is 0 Å². The Morgan fingerprint density at radius 2 is 1.30 bits per heavy atom. The highest BCUT2D eigenvalue weighted by atomic mass is 16.6. The number of rotatable bonds is 0. The highest BCUT2D eigenvalue weighted by Crippen LogP contribution is 2.35. The van der Waals surface area contributed by atoms with Crippen molar-refractivity contribution in [3.63, 3.8) is 0 Å². The molecule has 0 aromatic carbocycles. The molecule has 0 bridgehead atoms. The van der Waals surface area contributed by atoms with Gasteiger partial charge >= 0.3 is 0 Å². The quantitative estimate of drug-likeness (QED) is 0.463. The lowest BCUT2D eigenvalue weighted by molar-refractivity contribution is -0.120. The van der Waals surface area contributed by atoms with Crippen molar-refractivity contribution in [2.24, 2.45) is 0 Å². The third kappa shape index (κ3) is 6.69. The third-order valence-corrected chi connectivity index (χ3v) is 4.48. The van der Waals surface area contributed by atoms with Gasteiger partial charge in [-0.15, -0.1) is 0 Å². The zero-order valence-corrected chi connectivity index (χ0v) is 12.8. The summed E-state index contributed by atoms with van der Waals surface area (Å²) in [6.45, 7) is 0. The standard InChI is InChI=1S/2C6H10O.C6H10/c1-2-4-6-5(3-1)7-6;7-6-4-2-1-3-5-6;1-2-4-6-5-3-1/h5-6H,1-4H2;1-5H2;1-2H,3-6H2. The maximum atomic E-state index is 10.5. The van der Waals surface area contributed by atoms with Gasteiger partial charge in [-0.05, 0) is 51.4 Å². The molecule has 20 heavy (non-hydrogen) atoms. The smallest absolute Gasteiger partial charge is 0.132 e. The number of ketones is 1. The Hall–Kier alpha value is -0.630. The summed E-state index contributed by atoms with van der Waals surface area (Å²) in [4.78, 5) is 10.5. The molecule has 2 atom stereocenters. The molecule has 0 N–H and O–H groups in total. The van der Waals surface area contributed by atoms with Crippen LogP contribution in [0.2, 0.25) is 0 Å². The van der Waals surface area contributed by atoms with Crippen LogP contribution in [0.5, 0.6) is 0 Å². The highest BCUT2D eigenvalue weighted by Gasteiger charge is 2.39. The van der Waals surface area contributed by atoms with Crippen molar-refractivity contribution in [2.45, 2.75) is 95.7 Å². The molecule has 0 aromatic rings. The van der Waals surface area contributed by atoms with Crippen molar-refractivity contribution in [2.75, 3.05) is 0 Å². The summed E-state index contributed by atoms with van der Waals surface area (Å²) in [7, 11) is 0. The number of allylic oxidation sites excluding steroid dienone is 2. The van der Waals surface area contributed by atoms with Gasteiger partial charge in [0.05, 0.1) is 12.2 Å². The lowest BCUT2D eigenvalue weighted by Crippen LogP contribution is -2.02. The number of hydrogen-bond acceptors (Lipinski definition) is 2. The van der Waals surface area contributed by atoms with Crippen LogP contribution in [-0.4, -0.2) is 18.0 Å². The third-order valence-electron chi connectivity index (χ3n) is 4.48. The van der Waals surface area contributed by atoms with Gasteiger partial charge in [0.25, 0.3) is 0 Å². The number of carbonyl (C=O) groups excluding carboxylic acids is 1. The van der Waals surface area contributed by atoms with Crippen LogP contribution in [0.4, 0.5) is 0 Å². The van der Waals surface area contributed by atoms with E-state index < -0.39 is 0 Å². The van der Waals surface area contributed by atoms with Crippen molar-refractivity contribution in [1.29, 1.82) is 0 Å². The van der Waals surface area contributed by atoms with Gasteiger partial charge in [-0.25, -0.2) is 0 Å². The number of fused-ring (bicyclic) bond motifs is 1. The highest BCUT2D eigenvalue weighted by molar-refractivity contribution is 5.78. The van der Waals surface area contributed by atoms with Crippen LogP contribution in [-0.2, 0) is 9.53 Å². The zero-order chi connectivity index (χ0) is 14.0. The maximum absolute atomic E-state index is 10.5. The number of hydrogen-bond donors (Lipinski definition) is 0. The predicted molar refractivity (Wildman–Crippen MR) is 82.8 cm³/mol. The normalized spacial score (nSPS) is 31.1. The zero-order valence-electron chi connectivity index (χ0n) is 12.8. The average molecular weight is 278 g/mol. The van der Waals surface area contributed by atoms with Crippen LogP contribution in [0, 0.1) is 0 Å². The second kappa shape index (κ2) is 9.33. The number of ether oxygens (including phenoxy) is 1. The minimum Gasteiger partial charge on any atom is -0.370 e. The fourth-order valence-corrected chi connectivity index (χ4v) is 3.08. The molecule has 114 valence electrons. The number of epoxide rings is 1. The van der Waals surface area contributed by atoms with Gasteiger partial charge in [-0.3, -0.25) is 4.79 Å². The van der Waals surface area contributed by atoms with E-state index >= 15 is 0 Å². The summed E-state index contributed by atoms with van der Waals surface area (Å²) < 4.78 is 5.28. The molecule has 1 heterocycles. The molecule has 3 fully saturated rings.